The van der Waals surface area contributed by atoms with Crippen molar-refractivity contribution in [3.8, 4) is 11.5 Å². The first-order chi connectivity index (χ1) is 13.1. The van der Waals surface area contributed by atoms with Gasteiger partial charge in [-0.25, -0.2) is 4.98 Å². The highest BCUT2D eigenvalue weighted by molar-refractivity contribution is 5.93. The Morgan fingerprint density at radius 2 is 1.74 bits per heavy atom. The van der Waals surface area contributed by atoms with Gasteiger partial charge in [-0.05, 0) is 18.9 Å². The van der Waals surface area contributed by atoms with E-state index >= 15 is 0 Å². The predicted octanol–water partition coefficient (Wildman–Crippen LogP) is 1.89. The monoisotopic (exact) mass is 371 g/mol. The van der Waals surface area contributed by atoms with Crippen molar-refractivity contribution in [3.63, 3.8) is 0 Å². The first-order valence-electron chi connectivity index (χ1n) is 9.30. The lowest BCUT2D eigenvalue weighted by Crippen LogP contribution is -2.48. The van der Waals surface area contributed by atoms with Crippen LogP contribution in [-0.2, 0) is 4.79 Å². The number of carbonyl (C=O) groups is 1. The Bertz CT molecular complexity index is 860. The first-order valence-corrected chi connectivity index (χ1v) is 9.30. The van der Waals surface area contributed by atoms with Crippen LogP contribution in [0.25, 0.3) is 10.9 Å². The molecule has 2 aliphatic rings. The van der Waals surface area contributed by atoms with E-state index < -0.39 is 0 Å². The fourth-order valence-corrected chi connectivity index (χ4v) is 3.34. The van der Waals surface area contributed by atoms with E-state index in [4.69, 9.17) is 19.4 Å². The summed E-state index contributed by atoms with van der Waals surface area (Å²) in [4.78, 5) is 25.1. The predicted molar refractivity (Wildman–Crippen MR) is 104 cm³/mol. The van der Waals surface area contributed by atoms with Gasteiger partial charge in [0, 0.05) is 50.6 Å². The number of fused-ring (bicyclic) bond motifs is 1. The Morgan fingerprint density at radius 3 is 2.33 bits per heavy atom. The largest absolute Gasteiger partial charge is 0.493 e. The van der Waals surface area contributed by atoms with Gasteiger partial charge in [0.25, 0.3) is 0 Å². The molecule has 0 radical (unpaired) electrons. The number of rotatable bonds is 5. The second-order valence-corrected chi connectivity index (χ2v) is 7.01. The van der Waals surface area contributed by atoms with E-state index in [0.717, 1.165) is 42.7 Å². The SMILES string of the molecule is COc1cc2nc(N3CCN(C(C)=O)CC3)nc(NC3CC3)c2cc1OC. The summed E-state index contributed by atoms with van der Waals surface area (Å²) in [5, 5.41) is 4.44. The Morgan fingerprint density at radius 1 is 1.07 bits per heavy atom. The van der Waals surface area contributed by atoms with Crippen molar-refractivity contribution in [2.75, 3.05) is 50.6 Å². The molecule has 8 heteroatoms. The maximum absolute atomic E-state index is 11.6. The molecule has 2 fully saturated rings. The average molecular weight is 371 g/mol. The van der Waals surface area contributed by atoms with Gasteiger partial charge in [0.1, 0.15) is 5.82 Å². The third kappa shape index (κ3) is 3.56. The molecule has 0 bridgehead atoms. The smallest absolute Gasteiger partial charge is 0.228 e. The lowest BCUT2D eigenvalue weighted by atomic mass is 10.2. The normalized spacial score (nSPS) is 17.1. The minimum atomic E-state index is 0.113. The van der Waals surface area contributed by atoms with E-state index in [1.807, 2.05) is 17.0 Å². The summed E-state index contributed by atoms with van der Waals surface area (Å²) in [6, 6.07) is 4.29. The number of carbonyl (C=O) groups excluding carboxylic acids is 1. The van der Waals surface area contributed by atoms with Crippen molar-refractivity contribution < 1.29 is 14.3 Å². The van der Waals surface area contributed by atoms with E-state index in [2.05, 4.69) is 10.2 Å². The second-order valence-electron chi connectivity index (χ2n) is 7.01. The standard InChI is InChI=1S/C19H25N5O3/c1-12(25)23-6-8-24(9-7-23)19-21-15-11-17(27-3)16(26-2)10-14(15)18(22-19)20-13-4-5-13/h10-11,13H,4-9H2,1-3H3,(H,20,21,22). The van der Waals surface area contributed by atoms with Gasteiger partial charge in [-0.1, -0.05) is 0 Å². The Kier molecular flexibility index (Phi) is 4.63. The highest BCUT2D eigenvalue weighted by atomic mass is 16.5. The number of benzene rings is 1. The molecule has 2 heterocycles. The molecule has 0 atom stereocenters. The number of hydrogen-bond acceptors (Lipinski definition) is 7. The van der Waals surface area contributed by atoms with Crippen LogP contribution in [-0.4, -0.2) is 67.2 Å². The van der Waals surface area contributed by atoms with Crippen LogP contribution in [0.4, 0.5) is 11.8 Å². The van der Waals surface area contributed by atoms with Crippen LogP contribution in [0.2, 0.25) is 0 Å². The molecule has 1 aromatic carbocycles. The topological polar surface area (TPSA) is 79.8 Å². The van der Waals surface area contributed by atoms with E-state index in [-0.39, 0.29) is 5.91 Å². The van der Waals surface area contributed by atoms with Crippen LogP contribution in [0, 0.1) is 0 Å². The number of piperazine rings is 1. The van der Waals surface area contributed by atoms with Crippen LogP contribution in [0.1, 0.15) is 19.8 Å². The summed E-state index contributed by atoms with van der Waals surface area (Å²) in [5.41, 5.74) is 0.815. The fourth-order valence-electron chi connectivity index (χ4n) is 3.34. The van der Waals surface area contributed by atoms with Crippen LogP contribution in [0.15, 0.2) is 12.1 Å². The van der Waals surface area contributed by atoms with Crippen molar-refractivity contribution in [3.05, 3.63) is 12.1 Å². The van der Waals surface area contributed by atoms with Gasteiger partial charge in [-0.15, -0.1) is 0 Å². The number of hydrogen-bond donors (Lipinski definition) is 1. The summed E-state index contributed by atoms with van der Waals surface area (Å²) in [6.07, 6.45) is 2.32. The number of aromatic nitrogens is 2. The summed E-state index contributed by atoms with van der Waals surface area (Å²) in [7, 11) is 3.25. The average Bonchev–Trinajstić information content (AvgIpc) is 3.50. The van der Waals surface area contributed by atoms with Crippen LogP contribution in [0.5, 0.6) is 11.5 Å². The molecule has 1 aliphatic heterocycles. The van der Waals surface area contributed by atoms with Crippen molar-refractivity contribution in [2.45, 2.75) is 25.8 Å². The summed E-state index contributed by atoms with van der Waals surface area (Å²) in [5.74, 6) is 2.93. The molecule has 27 heavy (non-hydrogen) atoms. The van der Waals surface area contributed by atoms with Gasteiger partial charge in [0.05, 0.1) is 19.7 Å². The number of methoxy groups -OCH3 is 2. The van der Waals surface area contributed by atoms with Gasteiger partial charge < -0.3 is 24.6 Å². The Labute approximate surface area is 158 Å². The van der Waals surface area contributed by atoms with Gasteiger partial charge in [0.2, 0.25) is 11.9 Å². The second kappa shape index (κ2) is 7.09. The van der Waals surface area contributed by atoms with Gasteiger partial charge in [0.15, 0.2) is 11.5 Å². The minimum Gasteiger partial charge on any atom is -0.493 e. The maximum atomic E-state index is 11.6. The summed E-state index contributed by atoms with van der Waals surface area (Å²) < 4.78 is 10.9. The van der Waals surface area contributed by atoms with Crippen molar-refractivity contribution >= 4 is 28.6 Å². The molecule has 0 unspecified atom stereocenters. The number of nitrogens with zero attached hydrogens (tertiary/aromatic N) is 4. The van der Waals surface area contributed by atoms with Gasteiger partial charge >= 0.3 is 0 Å². The number of ether oxygens (including phenoxy) is 2. The molecule has 8 nitrogen and oxygen atoms in total. The highest BCUT2D eigenvalue weighted by Gasteiger charge is 2.26. The van der Waals surface area contributed by atoms with E-state index in [9.17, 15) is 4.79 Å². The number of nitrogens with one attached hydrogen (secondary N) is 1. The van der Waals surface area contributed by atoms with E-state index in [1.165, 1.54) is 0 Å². The van der Waals surface area contributed by atoms with Crippen LogP contribution < -0.4 is 19.7 Å². The molecule has 1 aromatic heterocycles. The number of anilines is 2. The quantitative estimate of drug-likeness (QED) is 0.860. The van der Waals surface area contributed by atoms with E-state index in [1.54, 1.807) is 21.1 Å². The molecule has 1 amide bonds. The van der Waals surface area contributed by atoms with Crippen molar-refractivity contribution in [1.29, 1.82) is 0 Å². The van der Waals surface area contributed by atoms with E-state index in [0.29, 0.717) is 36.6 Å². The molecule has 1 aliphatic carbocycles. The molecule has 1 saturated carbocycles. The molecule has 2 aromatic rings. The maximum Gasteiger partial charge on any atom is 0.228 e. The minimum absolute atomic E-state index is 0.113. The molecule has 1 N–H and O–H groups in total. The third-order valence-electron chi connectivity index (χ3n) is 5.12. The van der Waals surface area contributed by atoms with Crippen molar-refractivity contribution in [1.82, 2.24) is 14.9 Å². The van der Waals surface area contributed by atoms with Crippen LogP contribution in [0.3, 0.4) is 0 Å². The zero-order valence-electron chi connectivity index (χ0n) is 16.0. The molecule has 4 rings (SSSR count). The lowest BCUT2D eigenvalue weighted by molar-refractivity contribution is -0.129. The number of amides is 1. The zero-order valence-corrected chi connectivity index (χ0v) is 16.0. The third-order valence-corrected chi connectivity index (χ3v) is 5.12. The highest BCUT2D eigenvalue weighted by Crippen LogP contribution is 2.36. The van der Waals surface area contributed by atoms with Crippen LogP contribution >= 0.6 is 0 Å². The first kappa shape index (κ1) is 17.6. The summed E-state index contributed by atoms with van der Waals surface area (Å²) in [6.45, 7) is 4.43. The molecule has 1 saturated heterocycles. The van der Waals surface area contributed by atoms with Crippen molar-refractivity contribution in [2.24, 2.45) is 0 Å². The zero-order chi connectivity index (χ0) is 19.0. The Balaban J connectivity index is 1.71. The molecule has 144 valence electrons. The molecule has 0 spiro atoms. The molecular formula is C19H25N5O3. The van der Waals surface area contributed by atoms with Gasteiger partial charge in [-0.2, -0.15) is 4.98 Å². The lowest BCUT2D eigenvalue weighted by Gasteiger charge is -2.34. The Hall–Kier alpha value is -2.77. The summed E-state index contributed by atoms with van der Waals surface area (Å²) >= 11 is 0. The van der Waals surface area contributed by atoms with Gasteiger partial charge in [-0.3, -0.25) is 4.79 Å². The fraction of sp³-hybridized carbons (Fsp3) is 0.526. The molecular weight excluding hydrogens is 346 g/mol.